The molecule has 0 saturated carbocycles. The van der Waals surface area contributed by atoms with Crippen molar-refractivity contribution in [2.45, 2.75) is 33.2 Å². The molecule has 1 N–H and O–H groups in total. The molecule has 4 heteroatoms. The smallest absolute Gasteiger partial charge is 0.310 e. The Hall–Kier alpha value is -1.84. The van der Waals surface area contributed by atoms with E-state index < -0.39 is 11.9 Å². The van der Waals surface area contributed by atoms with Crippen LogP contribution in [0.3, 0.4) is 0 Å². The number of nitrogens with zero attached hydrogens (tertiary/aromatic N) is 2. The summed E-state index contributed by atoms with van der Waals surface area (Å²) in [4.78, 5) is 10.9. The minimum Gasteiger partial charge on any atom is -0.481 e. The molecular weight excluding hydrogens is 216 g/mol. The quantitative estimate of drug-likeness (QED) is 0.884. The number of aryl methyl sites for hydroxylation is 2. The minimum atomic E-state index is -0.809. The predicted molar refractivity (Wildman–Crippen MR) is 66.2 cm³/mol. The van der Waals surface area contributed by atoms with Crippen molar-refractivity contribution in [3.8, 4) is 0 Å². The molecule has 1 atom stereocenters. The maximum Gasteiger partial charge on any atom is 0.310 e. The topological polar surface area (TPSA) is 55.1 Å². The van der Waals surface area contributed by atoms with E-state index in [2.05, 4.69) is 5.10 Å². The van der Waals surface area contributed by atoms with Crippen molar-refractivity contribution in [3.63, 3.8) is 0 Å². The van der Waals surface area contributed by atoms with Crippen LogP contribution in [-0.4, -0.2) is 20.9 Å². The standard InChI is InChI=1S/C13H16N2O2/c1-4-15-9(3)11-6-5-10(7-12(11)14-15)8(2)13(16)17/h5-8H,4H2,1-3H3,(H,16,17). The zero-order chi connectivity index (χ0) is 12.6. The van der Waals surface area contributed by atoms with Crippen molar-refractivity contribution in [1.29, 1.82) is 0 Å². The Labute approximate surface area is 99.9 Å². The molecule has 0 fully saturated rings. The van der Waals surface area contributed by atoms with E-state index in [0.29, 0.717) is 0 Å². The summed E-state index contributed by atoms with van der Waals surface area (Å²) in [5, 5.41) is 14.5. The Morgan fingerprint density at radius 3 is 2.82 bits per heavy atom. The van der Waals surface area contributed by atoms with E-state index in [1.165, 1.54) is 0 Å². The zero-order valence-corrected chi connectivity index (χ0v) is 10.3. The first-order chi connectivity index (χ1) is 8.04. The Kier molecular flexibility index (Phi) is 2.88. The molecule has 4 nitrogen and oxygen atoms in total. The number of hydrogen-bond donors (Lipinski definition) is 1. The number of carbonyl (C=O) groups is 1. The summed E-state index contributed by atoms with van der Waals surface area (Å²) < 4.78 is 1.93. The van der Waals surface area contributed by atoms with Gasteiger partial charge in [-0.1, -0.05) is 12.1 Å². The third-order valence-electron chi connectivity index (χ3n) is 3.20. The number of carboxylic acid groups (broad SMARTS) is 1. The van der Waals surface area contributed by atoms with E-state index in [-0.39, 0.29) is 0 Å². The molecule has 2 rings (SSSR count). The van der Waals surface area contributed by atoms with Crippen LogP contribution in [0.2, 0.25) is 0 Å². The number of benzene rings is 1. The van der Waals surface area contributed by atoms with E-state index in [0.717, 1.165) is 28.7 Å². The van der Waals surface area contributed by atoms with Gasteiger partial charge in [0.2, 0.25) is 0 Å². The zero-order valence-electron chi connectivity index (χ0n) is 10.3. The number of fused-ring (bicyclic) bond motifs is 1. The van der Waals surface area contributed by atoms with Crippen LogP contribution in [0.15, 0.2) is 18.2 Å². The van der Waals surface area contributed by atoms with Crippen molar-refractivity contribution >= 4 is 16.9 Å². The lowest BCUT2D eigenvalue weighted by Crippen LogP contribution is -2.06. The summed E-state index contributed by atoms with van der Waals surface area (Å²) in [6.45, 7) is 6.58. The van der Waals surface area contributed by atoms with Crippen molar-refractivity contribution in [2.75, 3.05) is 0 Å². The largest absolute Gasteiger partial charge is 0.481 e. The van der Waals surface area contributed by atoms with Crippen molar-refractivity contribution < 1.29 is 9.90 Å². The predicted octanol–water partition coefficient (Wildman–Crippen LogP) is 2.55. The van der Waals surface area contributed by atoms with Crippen molar-refractivity contribution in [3.05, 3.63) is 29.5 Å². The molecule has 1 heterocycles. The van der Waals surface area contributed by atoms with Gasteiger partial charge in [-0.25, -0.2) is 0 Å². The average molecular weight is 232 g/mol. The number of aliphatic carboxylic acids is 1. The van der Waals surface area contributed by atoms with Crippen LogP contribution >= 0.6 is 0 Å². The van der Waals surface area contributed by atoms with E-state index in [9.17, 15) is 4.79 Å². The summed E-state index contributed by atoms with van der Waals surface area (Å²) in [5.74, 6) is -1.30. The highest BCUT2D eigenvalue weighted by Crippen LogP contribution is 2.23. The molecular formula is C13H16N2O2. The monoisotopic (exact) mass is 232 g/mol. The SMILES string of the molecule is CCn1nc2cc(C(C)C(=O)O)ccc2c1C. The van der Waals surface area contributed by atoms with E-state index in [4.69, 9.17) is 5.11 Å². The summed E-state index contributed by atoms with van der Waals surface area (Å²) in [6, 6.07) is 5.70. The molecule has 0 saturated heterocycles. The summed E-state index contributed by atoms with van der Waals surface area (Å²) in [6.07, 6.45) is 0. The van der Waals surface area contributed by atoms with Gasteiger partial charge in [-0.15, -0.1) is 0 Å². The van der Waals surface area contributed by atoms with Gasteiger partial charge in [0.1, 0.15) is 0 Å². The lowest BCUT2D eigenvalue weighted by molar-refractivity contribution is -0.138. The van der Waals surface area contributed by atoms with Crippen LogP contribution in [0.4, 0.5) is 0 Å². The van der Waals surface area contributed by atoms with Crippen LogP contribution < -0.4 is 0 Å². The molecule has 0 aliphatic rings. The third-order valence-corrected chi connectivity index (χ3v) is 3.20. The molecule has 0 amide bonds. The van der Waals surface area contributed by atoms with Crippen molar-refractivity contribution in [1.82, 2.24) is 9.78 Å². The molecule has 0 aliphatic heterocycles. The fraction of sp³-hybridized carbons (Fsp3) is 0.385. The third kappa shape index (κ3) is 1.90. The minimum absolute atomic E-state index is 0.494. The lowest BCUT2D eigenvalue weighted by Gasteiger charge is -2.05. The number of hydrogen-bond acceptors (Lipinski definition) is 2. The Bertz CT molecular complexity index is 572. The van der Waals surface area contributed by atoms with Gasteiger partial charge in [0.25, 0.3) is 0 Å². The second-order valence-electron chi connectivity index (χ2n) is 4.24. The van der Waals surface area contributed by atoms with Gasteiger partial charge in [-0.3, -0.25) is 9.48 Å². The summed E-state index contributed by atoms with van der Waals surface area (Å²) >= 11 is 0. The highest BCUT2D eigenvalue weighted by molar-refractivity contribution is 5.84. The van der Waals surface area contributed by atoms with Crippen LogP contribution in [0, 0.1) is 6.92 Å². The fourth-order valence-electron chi connectivity index (χ4n) is 2.00. The molecule has 0 radical (unpaired) electrons. The highest BCUT2D eigenvalue weighted by atomic mass is 16.4. The second-order valence-corrected chi connectivity index (χ2v) is 4.24. The van der Waals surface area contributed by atoms with Gasteiger partial charge in [0.15, 0.2) is 0 Å². The maximum absolute atomic E-state index is 10.9. The molecule has 1 aromatic carbocycles. The first-order valence-corrected chi connectivity index (χ1v) is 5.74. The molecule has 0 aliphatic carbocycles. The summed E-state index contributed by atoms with van der Waals surface area (Å²) in [7, 11) is 0. The maximum atomic E-state index is 10.9. The molecule has 2 aromatic rings. The molecule has 1 unspecified atom stereocenters. The fourth-order valence-corrected chi connectivity index (χ4v) is 2.00. The lowest BCUT2D eigenvalue weighted by atomic mass is 10.00. The van der Waals surface area contributed by atoms with Crippen LogP contribution in [-0.2, 0) is 11.3 Å². The Morgan fingerprint density at radius 1 is 1.53 bits per heavy atom. The van der Waals surface area contributed by atoms with Gasteiger partial charge in [0, 0.05) is 17.6 Å². The molecule has 0 spiro atoms. The van der Waals surface area contributed by atoms with Crippen LogP contribution in [0.25, 0.3) is 10.9 Å². The van der Waals surface area contributed by atoms with E-state index >= 15 is 0 Å². The number of carboxylic acids is 1. The molecule has 90 valence electrons. The molecule has 1 aromatic heterocycles. The van der Waals surface area contributed by atoms with Gasteiger partial charge in [0.05, 0.1) is 11.4 Å². The number of rotatable bonds is 3. The molecule has 17 heavy (non-hydrogen) atoms. The Balaban J connectivity index is 2.55. The highest BCUT2D eigenvalue weighted by Gasteiger charge is 2.15. The first kappa shape index (κ1) is 11.6. The van der Waals surface area contributed by atoms with E-state index in [1.54, 1.807) is 6.92 Å². The van der Waals surface area contributed by atoms with Gasteiger partial charge in [-0.05, 0) is 32.4 Å². The first-order valence-electron chi connectivity index (χ1n) is 5.74. The van der Waals surface area contributed by atoms with Gasteiger partial charge < -0.3 is 5.11 Å². The Morgan fingerprint density at radius 2 is 2.24 bits per heavy atom. The van der Waals surface area contributed by atoms with Crippen LogP contribution in [0.1, 0.15) is 31.0 Å². The number of aromatic nitrogens is 2. The summed E-state index contributed by atoms with van der Waals surface area (Å²) in [5.41, 5.74) is 2.79. The van der Waals surface area contributed by atoms with Gasteiger partial charge in [-0.2, -0.15) is 5.10 Å². The molecule has 0 bridgehead atoms. The van der Waals surface area contributed by atoms with Crippen molar-refractivity contribution in [2.24, 2.45) is 0 Å². The average Bonchev–Trinajstić information content (AvgIpc) is 2.64. The van der Waals surface area contributed by atoms with Gasteiger partial charge >= 0.3 is 5.97 Å². The second kappa shape index (κ2) is 4.20. The van der Waals surface area contributed by atoms with E-state index in [1.807, 2.05) is 36.7 Å². The van der Waals surface area contributed by atoms with Crippen LogP contribution in [0.5, 0.6) is 0 Å². The normalized spacial score (nSPS) is 12.9.